The minimum absolute atomic E-state index is 0.0675. The summed E-state index contributed by atoms with van der Waals surface area (Å²) in [6.45, 7) is 0. The number of halogens is 2. The van der Waals surface area contributed by atoms with E-state index >= 15 is 0 Å². The van der Waals surface area contributed by atoms with Crippen molar-refractivity contribution in [2.24, 2.45) is 0 Å². The number of Topliss-reactive ketones (excluding diaryl/α,β-unsaturated/α-hetero) is 1. The Labute approximate surface area is 126 Å². The molecule has 0 saturated carbocycles. The van der Waals surface area contributed by atoms with Crippen LogP contribution in [0.3, 0.4) is 0 Å². The number of aromatic nitrogens is 1. The van der Waals surface area contributed by atoms with E-state index in [1.807, 2.05) is 12.1 Å². The van der Waals surface area contributed by atoms with Gasteiger partial charge in [0.15, 0.2) is 5.78 Å². The van der Waals surface area contributed by atoms with Crippen LogP contribution >= 0.6 is 11.6 Å². The Morgan fingerprint density at radius 2 is 2.00 bits per heavy atom. The first-order chi connectivity index (χ1) is 10.1. The van der Waals surface area contributed by atoms with Gasteiger partial charge in [-0.2, -0.15) is 0 Å². The van der Waals surface area contributed by atoms with Crippen LogP contribution in [0.4, 0.5) is 4.39 Å². The molecule has 0 spiro atoms. The van der Waals surface area contributed by atoms with Crippen LogP contribution < -0.4 is 0 Å². The maximum absolute atomic E-state index is 13.0. The van der Waals surface area contributed by atoms with Crippen LogP contribution in [0.1, 0.15) is 15.9 Å². The first-order valence-corrected chi connectivity index (χ1v) is 6.84. The molecule has 2 nitrogen and oxygen atoms in total. The van der Waals surface area contributed by atoms with Gasteiger partial charge in [0.25, 0.3) is 0 Å². The normalized spacial score (nSPS) is 10.8. The molecule has 0 aliphatic carbocycles. The molecule has 0 amide bonds. The van der Waals surface area contributed by atoms with E-state index in [4.69, 9.17) is 11.6 Å². The number of nitrogens with zero attached hydrogens (tertiary/aromatic N) is 1. The van der Waals surface area contributed by atoms with E-state index in [0.29, 0.717) is 11.1 Å². The van der Waals surface area contributed by atoms with Crippen LogP contribution in [0.2, 0.25) is 5.02 Å². The molecule has 2 aromatic carbocycles. The Kier molecular flexibility index (Phi) is 3.67. The van der Waals surface area contributed by atoms with E-state index in [0.717, 1.165) is 10.9 Å². The lowest BCUT2D eigenvalue weighted by Crippen LogP contribution is -2.05. The third-order valence-electron chi connectivity index (χ3n) is 3.31. The zero-order chi connectivity index (χ0) is 14.8. The molecule has 1 aromatic heterocycles. The summed E-state index contributed by atoms with van der Waals surface area (Å²) in [5.41, 5.74) is 1.98. The number of fused-ring (bicyclic) bond motifs is 1. The van der Waals surface area contributed by atoms with Crippen molar-refractivity contribution in [2.75, 3.05) is 0 Å². The molecule has 3 aromatic rings. The first kappa shape index (κ1) is 13.7. The molecule has 21 heavy (non-hydrogen) atoms. The molecule has 0 radical (unpaired) electrons. The summed E-state index contributed by atoms with van der Waals surface area (Å²) in [4.78, 5) is 16.7. The number of ketones is 1. The number of carbonyl (C=O) groups excluding carboxylic acids is 1. The summed E-state index contributed by atoms with van der Waals surface area (Å²) in [5.74, 6) is -0.479. The fourth-order valence-corrected chi connectivity index (χ4v) is 2.51. The van der Waals surface area contributed by atoms with Crippen LogP contribution in [0.25, 0.3) is 10.9 Å². The first-order valence-electron chi connectivity index (χ1n) is 6.46. The van der Waals surface area contributed by atoms with E-state index in [9.17, 15) is 9.18 Å². The topological polar surface area (TPSA) is 30.0 Å². The fourth-order valence-electron chi connectivity index (χ4n) is 2.28. The van der Waals surface area contributed by atoms with Gasteiger partial charge in [-0.3, -0.25) is 9.78 Å². The summed E-state index contributed by atoms with van der Waals surface area (Å²) in [7, 11) is 0. The van der Waals surface area contributed by atoms with Crippen molar-refractivity contribution in [3.63, 3.8) is 0 Å². The Morgan fingerprint density at radius 1 is 1.14 bits per heavy atom. The third-order valence-corrected chi connectivity index (χ3v) is 3.66. The minimum Gasteiger partial charge on any atom is -0.294 e. The molecular formula is C17H11ClFNO. The molecule has 0 bridgehead atoms. The highest BCUT2D eigenvalue weighted by Gasteiger charge is 2.13. The van der Waals surface area contributed by atoms with Crippen LogP contribution in [0.5, 0.6) is 0 Å². The van der Waals surface area contributed by atoms with Gasteiger partial charge in [0.1, 0.15) is 5.82 Å². The highest BCUT2D eigenvalue weighted by molar-refractivity contribution is 6.31. The van der Waals surface area contributed by atoms with E-state index in [1.54, 1.807) is 30.5 Å². The molecule has 0 aliphatic rings. The number of carbonyl (C=O) groups is 1. The van der Waals surface area contributed by atoms with Crippen molar-refractivity contribution in [3.8, 4) is 0 Å². The average Bonchev–Trinajstić information content (AvgIpc) is 2.49. The largest absolute Gasteiger partial charge is 0.294 e. The monoisotopic (exact) mass is 299 g/mol. The summed E-state index contributed by atoms with van der Waals surface area (Å²) in [6.07, 6.45) is 1.82. The second kappa shape index (κ2) is 5.62. The molecule has 0 N–H and O–H groups in total. The van der Waals surface area contributed by atoms with Gasteiger partial charge in [-0.05, 0) is 29.8 Å². The van der Waals surface area contributed by atoms with E-state index in [-0.39, 0.29) is 17.2 Å². The molecule has 3 rings (SSSR count). The van der Waals surface area contributed by atoms with E-state index in [1.165, 1.54) is 12.1 Å². The summed E-state index contributed by atoms with van der Waals surface area (Å²) in [6, 6.07) is 13.1. The van der Waals surface area contributed by atoms with Crippen LogP contribution in [0, 0.1) is 5.82 Å². The predicted molar refractivity (Wildman–Crippen MR) is 81.2 cm³/mol. The molecule has 1 heterocycles. The highest BCUT2D eigenvalue weighted by atomic mass is 35.5. The number of benzene rings is 2. The number of pyridine rings is 1. The Hall–Kier alpha value is -2.26. The Balaban J connectivity index is 1.97. The minimum atomic E-state index is -0.412. The lowest BCUT2D eigenvalue weighted by Gasteiger charge is -2.07. The van der Waals surface area contributed by atoms with Crippen molar-refractivity contribution in [1.82, 2.24) is 4.98 Å². The molecule has 0 unspecified atom stereocenters. The highest BCUT2D eigenvalue weighted by Crippen LogP contribution is 2.22. The smallest absolute Gasteiger partial charge is 0.167 e. The zero-order valence-electron chi connectivity index (χ0n) is 11.0. The predicted octanol–water partition coefficient (Wildman–Crippen LogP) is 4.45. The van der Waals surface area contributed by atoms with Crippen LogP contribution in [0.15, 0.2) is 54.7 Å². The van der Waals surface area contributed by atoms with Gasteiger partial charge < -0.3 is 0 Å². The second-order valence-electron chi connectivity index (χ2n) is 4.71. The maximum Gasteiger partial charge on any atom is 0.167 e. The van der Waals surface area contributed by atoms with Crippen LogP contribution in [-0.2, 0) is 6.42 Å². The quantitative estimate of drug-likeness (QED) is 0.669. The Bertz CT molecular complexity index is 827. The van der Waals surface area contributed by atoms with Gasteiger partial charge in [0, 0.05) is 28.6 Å². The maximum atomic E-state index is 13.0. The Morgan fingerprint density at radius 3 is 2.81 bits per heavy atom. The van der Waals surface area contributed by atoms with Gasteiger partial charge in [0.2, 0.25) is 0 Å². The van der Waals surface area contributed by atoms with Gasteiger partial charge >= 0.3 is 0 Å². The standard InChI is InChI=1S/C17H11ClFNO/c18-15-10-12(19)7-6-11(15)9-17(21)14-3-1-5-16-13(14)4-2-8-20-16/h1-8,10H,9H2. The third kappa shape index (κ3) is 2.78. The summed E-state index contributed by atoms with van der Waals surface area (Å²) in [5, 5.41) is 1.07. The second-order valence-corrected chi connectivity index (χ2v) is 5.12. The van der Waals surface area contributed by atoms with Crippen molar-refractivity contribution >= 4 is 28.3 Å². The lowest BCUT2D eigenvalue weighted by atomic mass is 9.99. The number of hydrogen-bond acceptors (Lipinski definition) is 2. The van der Waals surface area contributed by atoms with Gasteiger partial charge in [-0.1, -0.05) is 35.9 Å². The molecule has 104 valence electrons. The fraction of sp³-hybridized carbons (Fsp3) is 0.0588. The van der Waals surface area contributed by atoms with Crippen molar-refractivity contribution in [2.45, 2.75) is 6.42 Å². The van der Waals surface area contributed by atoms with E-state index < -0.39 is 5.82 Å². The number of hydrogen-bond donors (Lipinski definition) is 0. The molecule has 0 saturated heterocycles. The van der Waals surface area contributed by atoms with Crippen LogP contribution in [-0.4, -0.2) is 10.8 Å². The molecule has 0 atom stereocenters. The van der Waals surface area contributed by atoms with Gasteiger partial charge in [0.05, 0.1) is 5.52 Å². The lowest BCUT2D eigenvalue weighted by molar-refractivity contribution is 0.0994. The zero-order valence-corrected chi connectivity index (χ0v) is 11.8. The van der Waals surface area contributed by atoms with Gasteiger partial charge in [-0.25, -0.2) is 4.39 Å². The summed E-state index contributed by atoms with van der Waals surface area (Å²) < 4.78 is 13.0. The molecule has 0 aliphatic heterocycles. The molecule has 0 fully saturated rings. The SMILES string of the molecule is O=C(Cc1ccc(F)cc1Cl)c1cccc2ncccc12. The van der Waals surface area contributed by atoms with E-state index in [2.05, 4.69) is 4.98 Å². The summed E-state index contributed by atoms with van der Waals surface area (Å²) >= 11 is 5.97. The van der Waals surface area contributed by atoms with Crippen molar-refractivity contribution in [1.29, 1.82) is 0 Å². The number of rotatable bonds is 3. The molecule has 4 heteroatoms. The molecular weight excluding hydrogens is 289 g/mol. The van der Waals surface area contributed by atoms with Crippen molar-refractivity contribution < 1.29 is 9.18 Å². The van der Waals surface area contributed by atoms with Gasteiger partial charge in [-0.15, -0.1) is 0 Å². The average molecular weight is 300 g/mol. The van der Waals surface area contributed by atoms with Crippen molar-refractivity contribution in [3.05, 3.63) is 76.7 Å².